The lowest BCUT2D eigenvalue weighted by atomic mass is 10.2. The minimum absolute atomic E-state index is 0.134. The molecular formula is C22H21ClFN5O2. The minimum atomic E-state index is -0.499. The second kappa shape index (κ2) is 9.26. The predicted molar refractivity (Wildman–Crippen MR) is 116 cm³/mol. The lowest BCUT2D eigenvalue weighted by Gasteiger charge is -2.16. The molecule has 1 fully saturated rings. The van der Waals surface area contributed by atoms with Crippen LogP contribution in [0, 0.1) is 5.82 Å². The van der Waals surface area contributed by atoms with Gasteiger partial charge in [-0.25, -0.2) is 14.4 Å². The van der Waals surface area contributed by atoms with Gasteiger partial charge >= 0.3 is 0 Å². The van der Waals surface area contributed by atoms with Crippen molar-refractivity contribution in [3.05, 3.63) is 59.3 Å². The maximum absolute atomic E-state index is 14.3. The van der Waals surface area contributed by atoms with Crippen molar-refractivity contribution in [1.82, 2.24) is 20.3 Å². The number of carbonyl (C=O) groups is 1. The molecule has 0 radical (unpaired) electrons. The zero-order valence-electron chi connectivity index (χ0n) is 16.9. The quantitative estimate of drug-likeness (QED) is 0.573. The molecule has 1 aromatic carbocycles. The highest BCUT2D eigenvalue weighted by Gasteiger charge is 2.21. The third kappa shape index (κ3) is 4.74. The van der Waals surface area contributed by atoms with Gasteiger partial charge < -0.3 is 15.4 Å². The number of amides is 1. The van der Waals surface area contributed by atoms with Crippen molar-refractivity contribution in [2.45, 2.75) is 31.7 Å². The van der Waals surface area contributed by atoms with Gasteiger partial charge in [-0.3, -0.25) is 9.78 Å². The van der Waals surface area contributed by atoms with E-state index in [1.54, 1.807) is 12.3 Å². The van der Waals surface area contributed by atoms with Crippen LogP contribution in [0.4, 0.5) is 15.9 Å². The summed E-state index contributed by atoms with van der Waals surface area (Å²) in [5.74, 6) is 0.0464. The monoisotopic (exact) mass is 441 g/mol. The highest BCUT2D eigenvalue weighted by molar-refractivity contribution is 6.30. The summed E-state index contributed by atoms with van der Waals surface area (Å²) in [5, 5.41) is 6.53. The number of nitrogens with zero attached hydrogens (tertiary/aromatic N) is 3. The fourth-order valence-corrected chi connectivity index (χ4v) is 3.73. The Kier molecular flexibility index (Phi) is 6.27. The molecule has 2 N–H and O–H groups in total. The van der Waals surface area contributed by atoms with Crippen LogP contribution in [0.1, 0.15) is 36.0 Å². The molecule has 2 heterocycles. The molecule has 160 valence electrons. The number of hydrogen-bond acceptors (Lipinski definition) is 6. The molecule has 31 heavy (non-hydrogen) atoms. The van der Waals surface area contributed by atoms with E-state index < -0.39 is 5.82 Å². The van der Waals surface area contributed by atoms with E-state index in [9.17, 15) is 9.18 Å². The Morgan fingerprint density at radius 3 is 2.81 bits per heavy atom. The summed E-state index contributed by atoms with van der Waals surface area (Å²) in [6.45, 7) is 0. The molecule has 1 saturated carbocycles. The fourth-order valence-electron chi connectivity index (χ4n) is 3.55. The van der Waals surface area contributed by atoms with Crippen LogP contribution in [0.25, 0.3) is 11.4 Å². The van der Waals surface area contributed by atoms with Gasteiger partial charge in [0.1, 0.15) is 5.82 Å². The first-order valence-electron chi connectivity index (χ1n) is 9.93. The minimum Gasteiger partial charge on any atom is -0.491 e. The second-order valence-electron chi connectivity index (χ2n) is 7.24. The summed E-state index contributed by atoms with van der Waals surface area (Å²) >= 11 is 6.01. The van der Waals surface area contributed by atoms with E-state index in [1.807, 2.05) is 0 Å². The van der Waals surface area contributed by atoms with Gasteiger partial charge in [-0.2, -0.15) is 0 Å². The first-order chi connectivity index (χ1) is 15.0. The third-order valence-electron chi connectivity index (χ3n) is 5.15. The van der Waals surface area contributed by atoms with Crippen LogP contribution in [0.2, 0.25) is 5.02 Å². The van der Waals surface area contributed by atoms with E-state index in [0.717, 1.165) is 25.7 Å². The van der Waals surface area contributed by atoms with Crippen LogP contribution in [-0.2, 0) is 0 Å². The predicted octanol–water partition coefficient (Wildman–Crippen LogP) is 4.76. The molecule has 9 heteroatoms. The topological polar surface area (TPSA) is 89.0 Å². The Morgan fingerprint density at radius 2 is 2.03 bits per heavy atom. The number of methoxy groups -OCH3 is 1. The number of rotatable bonds is 6. The third-order valence-corrected chi connectivity index (χ3v) is 5.39. The van der Waals surface area contributed by atoms with E-state index in [0.29, 0.717) is 22.0 Å². The van der Waals surface area contributed by atoms with Gasteiger partial charge in [0, 0.05) is 23.5 Å². The van der Waals surface area contributed by atoms with Crippen LogP contribution >= 0.6 is 11.6 Å². The first-order valence-corrected chi connectivity index (χ1v) is 10.3. The van der Waals surface area contributed by atoms with Crippen molar-refractivity contribution in [1.29, 1.82) is 0 Å². The zero-order chi connectivity index (χ0) is 21.8. The molecule has 3 aromatic rings. The van der Waals surface area contributed by atoms with E-state index >= 15 is 0 Å². The second-order valence-corrected chi connectivity index (χ2v) is 7.67. The SMILES string of the molecule is COc1cnc(-c2cc(Cl)ccc2F)nc1Nc1ccncc1C(=O)NC1CCCC1. The number of nitrogens with one attached hydrogen (secondary N) is 2. The summed E-state index contributed by atoms with van der Waals surface area (Å²) in [5.41, 5.74) is 1.04. The van der Waals surface area contributed by atoms with Gasteiger partial charge in [0.15, 0.2) is 17.4 Å². The van der Waals surface area contributed by atoms with Gasteiger partial charge in [-0.05, 0) is 37.1 Å². The van der Waals surface area contributed by atoms with Crippen LogP contribution < -0.4 is 15.4 Å². The van der Waals surface area contributed by atoms with Crippen LogP contribution in [0.5, 0.6) is 5.75 Å². The number of ether oxygens (including phenoxy) is 1. The number of carbonyl (C=O) groups excluding carboxylic acids is 1. The standard InChI is InChI=1S/C22H21ClFN5O2/c1-31-19-12-26-20(15-10-13(23)6-7-17(15)24)29-21(19)28-18-8-9-25-11-16(18)22(30)27-14-4-2-3-5-14/h6-12,14H,2-5H2,1H3,(H,27,30)(H,25,26,28,29). The molecule has 7 nitrogen and oxygen atoms in total. The van der Waals surface area contributed by atoms with E-state index in [2.05, 4.69) is 25.6 Å². The van der Waals surface area contributed by atoms with Crippen molar-refractivity contribution >= 4 is 29.0 Å². The molecule has 2 aromatic heterocycles. The number of benzene rings is 1. The Hall–Kier alpha value is -3.26. The van der Waals surface area contributed by atoms with Crippen molar-refractivity contribution in [2.75, 3.05) is 12.4 Å². The summed E-state index contributed by atoms with van der Waals surface area (Å²) in [4.78, 5) is 25.5. The maximum atomic E-state index is 14.3. The van der Waals surface area contributed by atoms with Gasteiger partial charge in [-0.1, -0.05) is 24.4 Å². The highest BCUT2D eigenvalue weighted by atomic mass is 35.5. The number of halogens is 2. The van der Waals surface area contributed by atoms with Crippen molar-refractivity contribution in [3.8, 4) is 17.1 Å². The lowest BCUT2D eigenvalue weighted by molar-refractivity contribution is 0.0938. The van der Waals surface area contributed by atoms with Crippen molar-refractivity contribution < 1.29 is 13.9 Å². The van der Waals surface area contributed by atoms with Gasteiger partial charge in [-0.15, -0.1) is 0 Å². The average Bonchev–Trinajstić information content (AvgIpc) is 3.29. The van der Waals surface area contributed by atoms with Crippen LogP contribution in [0.3, 0.4) is 0 Å². The van der Waals surface area contributed by atoms with E-state index in [1.165, 1.54) is 37.7 Å². The Labute approximate surface area is 184 Å². The molecule has 1 aliphatic rings. The van der Waals surface area contributed by atoms with Gasteiger partial charge in [0.2, 0.25) is 0 Å². The molecule has 1 aliphatic carbocycles. The normalized spacial score (nSPS) is 13.8. The number of pyridine rings is 1. The largest absolute Gasteiger partial charge is 0.491 e. The summed E-state index contributed by atoms with van der Waals surface area (Å²) in [6.07, 6.45) is 8.68. The first kappa shape index (κ1) is 21.0. The number of hydrogen-bond donors (Lipinski definition) is 2. The van der Waals surface area contributed by atoms with Crippen molar-refractivity contribution in [3.63, 3.8) is 0 Å². The molecule has 1 amide bonds. The summed E-state index contributed by atoms with van der Waals surface area (Å²) < 4.78 is 19.7. The molecule has 0 atom stereocenters. The van der Waals surface area contributed by atoms with Gasteiger partial charge in [0.25, 0.3) is 5.91 Å². The molecule has 0 spiro atoms. The fraction of sp³-hybridized carbons (Fsp3) is 0.273. The van der Waals surface area contributed by atoms with E-state index in [-0.39, 0.29) is 29.2 Å². The number of aromatic nitrogens is 3. The molecular weight excluding hydrogens is 421 g/mol. The lowest BCUT2D eigenvalue weighted by Crippen LogP contribution is -2.33. The maximum Gasteiger partial charge on any atom is 0.255 e. The summed E-state index contributed by atoms with van der Waals surface area (Å²) in [7, 11) is 1.48. The molecule has 0 saturated heterocycles. The average molecular weight is 442 g/mol. The molecule has 4 rings (SSSR count). The smallest absolute Gasteiger partial charge is 0.255 e. The Balaban J connectivity index is 1.66. The Morgan fingerprint density at radius 1 is 1.23 bits per heavy atom. The zero-order valence-corrected chi connectivity index (χ0v) is 17.6. The Bertz CT molecular complexity index is 1110. The summed E-state index contributed by atoms with van der Waals surface area (Å²) in [6, 6.07) is 6.01. The van der Waals surface area contributed by atoms with Crippen molar-refractivity contribution in [2.24, 2.45) is 0 Å². The molecule has 0 unspecified atom stereocenters. The molecule has 0 aliphatic heterocycles. The molecule has 0 bridgehead atoms. The van der Waals surface area contributed by atoms with Crippen LogP contribution in [-0.4, -0.2) is 34.0 Å². The van der Waals surface area contributed by atoms with Crippen LogP contribution in [0.15, 0.2) is 42.9 Å². The van der Waals surface area contributed by atoms with E-state index in [4.69, 9.17) is 16.3 Å². The highest BCUT2D eigenvalue weighted by Crippen LogP contribution is 2.31. The van der Waals surface area contributed by atoms with Gasteiger partial charge in [0.05, 0.1) is 30.1 Å². The number of anilines is 2.